The summed E-state index contributed by atoms with van der Waals surface area (Å²) in [6, 6.07) is 2.36. The van der Waals surface area contributed by atoms with Crippen LogP contribution in [0, 0.1) is 0 Å². The van der Waals surface area contributed by atoms with Crippen LogP contribution in [0.2, 0.25) is 0 Å². The zero-order chi connectivity index (χ0) is 14.9. The quantitative estimate of drug-likeness (QED) is 0.662. The highest BCUT2D eigenvalue weighted by Gasteiger charge is 2.34. The molecule has 2 amide bonds. The number of rotatable bonds is 5. The fourth-order valence-electron chi connectivity index (χ4n) is 2.06. The number of aromatic hydroxyl groups is 2. The second-order valence-electron chi connectivity index (χ2n) is 4.21. The van der Waals surface area contributed by atoms with E-state index in [0.717, 1.165) is 21.6 Å². The van der Waals surface area contributed by atoms with Crippen molar-refractivity contribution in [3.8, 4) is 11.8 Å². The minimum atomic E-state index is -1.12. The minimum absolute atomic E-state index is 0.135. The van der Waals surface area contributed by atoms with Gasteiger partial charge in [-0.1, -0.05) is 0 Å². The van der Waals surface area contributed by atoms with Gasteiger partial charge in [0.2, 0.25) is 0 Å². The third-order valence-electron chi connectivity index (χ3n) is 2.93. The molecule has 8 heteroatoms. The molecular formula is C12H12N2O6. The lowest BCUT2D eigenvalue weighted by Crippen LogP contribution is -2.37. The summed E-state index contributed by atoms with van der Waals surface area (Å²) >= 11 is 0. The first-order chi connectivity index (χ1) is 9.41. The maximum absolute atomic E-state index is 11.7. The van der Waals surface area contributed by atoms with E-state index in [-0.39, 0.29) is 24.6 Å². The fourth-order valence-corrected chi connectivity index (χ4v) is 2.06. The number of carboxylic acids is 1. The Bertz CT molecular complexity index is 566. The van der Waals surface area contributed by atoms with Gasteiger partial charge in [0, 0.05) is 30.7 Å². The molecule has 3 N–H and O–H groups in total. The fraction of sp³-hybridized carbons (Fsp3) is 0.250. The van der Waals surface area contributed by atoms with Gasteiger partial charge in [-0.2, -0.15) is 0 Å². The number of imide groups is 1. The summed E-state index contributed by atoms with van der Waals surface area (Å²) < 4.78 is 0.936. The number of hydrogen-bond donors (Lipinski definition) is 3. The Morgan fingerprint density at radius 1 is 1.10 bits per heavy atom. The normalized spacial score (nSPS) is 15.9. The van der Waals surface area contributed by atoms with E-state index in [1.54, 1.807) is 0 Å². The molecule has 106 valence electrons. The summed E-state index contributed by atoms with van der Waals surface area (Å²) in [5.74, 6) is -3.11. The van der Waals surface area contributed by atoms with E-state index in [2.05, 4.69) is 0 Å². The minimum Gasteiger partial charge on any atom is -0.494 e. The van der Waals surface area contributed by atoms with E-state index < -0.39 is 23.9 Å². The number of carbonyl (C=O) groups is 3. The molecule has 20 heavy (non-hydrogen) atoms. The van der Waals surface area contributed by atoms with Crippen molar-refractivity contribution < 1.29 is 29.7 Å². The standard InChI is InChI=1S/C12H12N2O6/c15-8-2-3-9(16)13(8)7(1-6-12(19)20)14-10(17)4-5-11(14)18/h2-5,7,15-16H,1,6H2,(H,19,20). The Morgan fingerprint density at radius 3 is 2.05 bits per heavy atom. The highest BCUT2D eigenvalue weighted by molar-refractivity contribution is 6.13. The van der Waals surface area contributed by atoms with Gasteiger partial charge in [0.15, 0.2) is 11.8 Å². The lowest BCUT2D eigenvalue weighted by Gasteiger charge is -2.28. The molecule has 0 radical (unpaired) electrons. The number of carbonyl (C=O) groups excluding carboxylic acids is 2. The SMILES string of the molecule is O=C(O)CCC(N1C(=O)C=CC1=O)n1c(O)ccc1O. The van der Waals surface area contributed by atoms with E-state index >= 15 is 0 Å². The first kappa shape index (κ1) is 13.7. The van der Waals surface area contributed by atoms with Crippen molar-refractivity contribution in [3.05, 3.63) is 24.3 Å². The maximum atomic E-state index is 11.7. The van der Waals surface area contributed by atoms with Crippen LogP contribution in [0.3, 0.4) is 0 Å². The number of aliphatic carboxylic acids is 1. The van der Waals surface area contributed by atoms with Crippen molar-refractivity contribution in [2.24, 2.45) is 0 Å². The summed E-state index contributed by atoms with van der Waals surface area (Å²) in [7, 11) is 0. The van der Waals surface area contributed by atoms with Crippen LogP contribution < -0.4 is 0 Å². The molecule has 1 unspecified atom stereocenters. The van der Waals surface area contributed by atoms with Crippen LogP contribution in [0.5, 0.6) is 11.8 Å². The third-order valence-corrected chi connectivity index (χ3v) is 2.93. The van der Waals surface area contributed by atoms with Crippen LogP contribution >= 0.6 is 0 Å². The average Bonchev–Trinajstić information content (AvgIpc) is 2.87. The van der Waals surface area contributed by atoms with Crippen LogP contribution in [0.25, 0.3) is 0 Å². The van der Waals surface area contributed by atoms with E-state index in [9.17, 15) is 24.6 Å². The molecule has 0 fully saturated rings. The van der Waals surface area contributed by atoms with Crippen molar-refractivity contribution in [1.82, 2.24) is 9.47 Å². The average molecular weight is 280 g/mol. The van der Waals surface area contributed by atoms with Crippen LogP contribution in [0.4, 0.5) is 0 Å². The molecule has 0 aliphatic carbocycles. The predicted octanol–water partition coefficient (Wildman–Crippen LogP) is 0.188. The van der Waals surface area contributed by atoms with Gasteiger partial charge in [-0.3, -0.25) is 23.9 Å². The number of carboxylic acid groups (broad SMARTS) is 1. The van der Waals surface area contributed by atoms with Gasteiger partial charge in [-0.15, -0.1) is 0 Å². The highest BCUT2D eigenvalue weighted by Crippen LogP contribution is 2.33. The smallest absolute Gasteiger partial charge is 0.303 e. The molecule has 0 aromatic carbocycles. The molecule has 1 aromatic rings. The van der Waals surface area contributed by atoms with Crippen molar-refractivity contribution >= 4 is 17.8 Å². The first-order valence-corrected chi connectivity index (χ1v) is 5.78. The molecule has 0 saturated heterocycles. The zero-order valence-corrected chi connectivity index (χ0v) is 10.3. The zero-order valence-electron chi connectivity index (χ0n) is 10.3. The van der Waals surface area contributed by atoms with Gasteiger partial charge >= 0.3 is 5.97 Å². The van der Waals surface area contributed by atoms with Crippen molar-refractivity contribution in [3.63, 3.8) is 0 Å². The van der Waals surface area contributed by atoms with E-state index in [1.807, 2.05) is 0 Å². The van der Waals surface area contributed by atoms with Crippen molar-refractivity contribution in [2.75, 3.05) is 0 Å². The molecule has 1 atom stereocenters. The van der Waals surface area contributed by atoms with E-state index in [1.165, 1.54) is 12.1 Å². The molecule has 8 nitrogen and oxygen atoms in total. The number of hydrogen-bond acceptors (Lipinski definition) is 5. The topological polar surface area (TPSA) is 120 Å². The summed E-state index contributed by atoms with van der Waals surface area (Å²) in [6.07, 6.45) is 0.529. The van der Waals surface area contributed by atoms with Gasteiger partial charge in [0.1, 0.15) is 6.17 Å². The predicted molar refractivity (Wildman–Crippen MR) is 64.7 cm³/mol. The summed E-state index contributed by atoms with van der Waals surface area (Å²) in [4.78, 5) is 34.8. The Balaban J connectivity index is 2.37. The second kappa shape index (κ2) is 5.08. The molecule has 1 aliphatic heterocycles. The molecule has 0 bridgehead atoms. The molecule has 0 saturated carbocycles. The van der Waals surface area contributed by atoms with Gasteiger partial charge in [-0.25, -0.2) is 0 Å². The third kappa shape index (κ3) is 2.35. The lowest BCUT2D eigenvalue weighted by molar-refractivity contribution is -0.144. The summed E-state index contributed by atoms with van der Waals surface area (Å²) in [5.41, 5.74) is 0. The molecule has 1 aliphatic rings. The van der Waals surface area contributed by atoms with Crippen LogP contribution in [0.15, 0.2) is 24.3 Å². The van der Waals surface area contributed by atoms with Gasteiger partial charge in [0.05, 0.1) is 0 Å². The van der Waals surface area contributed by atoms with Crippen molar-refractivity contribution in [1.29, 1.82) is 0 Å². The van der Waals surface area contributed by atoms with E-state index in [4.69, 9.17) is 5.11 Å². The van der Waals surface area contributed by atoms with Gasteiger partial charge in [-0.05, 0) is 6.42 Å². The van der Waals surface area contributed by atoms with Gasteiger partial charge < -0.3 is 15.3 Å². The summed E-state index contributed by atoms with van der Waals surface area (Å²) in [5, 5.41) is 28.1. The van der Waals surface area contributed by atoms with Crippen LogP contribution in [-0.2, 0) is 14.4 Å². The van der Waals surface area contributed by atoms with Crippen LogP contribution in [0.1, 0.15) is 19.0 Å². The second-order valence-corrected chi connectivity index (χ2v) is 4.21. The van der Waals surface area contributed by atoms with Gasteiger partial charge in [0.25, 0.3) is 11.8 Å². The Morgan fingerprint density at radius 2 is 1.60 bits per heavy atom. The summed E-state index contributed by atoms with van der Waals surface area (Å²) in [6.45, 7) is 0. The monoisotopic (exact) mass is 280 g/mol. The molecule has 2 rings (SSSR count). The lowest BCUT2D eigenvalue weighted by atomic mass is 10.2. The number of aromatic nitrogens is 1. The molecule has 1 aromatic heterocycles. The Kier molecular flexibility index (Phi) is 3.47. The van der Waals surface area contributed by atoms with Crippen molar-refractivity contribution in [2.45, 2.75) is 19.0 Å². The molecular weight excluding hydrogens is 268 g/mol. The Labute approximate surface area is 113 Å². The maximum Gasteiger partial charge on any atom is 0.303 e. The van der Waals surface area contributed by atoms with E-state index in [0.29, 0.717) is 0 Å². The molecule has 2 heterocycles. The van der Waals surface area contributed by atoms with Crippen LogP contribution in [-0.4, -0.2) is 42.6 Å². The number of amides is 2. The first-order valence-electron chi connectivity index (χ1n) is 5.78. The Hall–Kier alpha value is -2.77. The largest absolute Gasteiger partial charge is 0.494 e. The molecule has 0 spiro atoms. The number of nitrogens with zero attached hydrogens (tertiary/aromatic N) is 2. The highest BCUT2D eigenvalue weighted by atomic mass is 16.4.